The smallest absolute Gasteiger partial charge is 0.333 e. The third-order valence-corrected chi connectivity index (χ3v) is 10.2. The number of carboxylic acid groups (broad SMARTS) is 1. The highest BCUT2D eigenvalue weighted by atomic mass is 28.4. The normalized spacial score (nSPS) is 12.7. The van der Waals surface area contributed by atoms with Gasteiger partial charge in [0.15, 0.2) is 0 Å². The maximum atomic E-state index is 12.2. The van der Waals surface area contributed by atoms with Gasteiger partial charge in [-0.1, -0.05) is 41.5 Å². The molecule has 0 aromatic rings. The number of rotatable bonds is 9. The lowest BCUT2D eigenvalue weighted by Crippen LogP contribution is -2.49. The van der Waals surface area contributed by atoms with Gasteiger partial charge in [0.2, 0.25) is 0 Å². The van der Waals surface area contributed by atoms with Crippen molar-refractivity contribution in [2.45, 2.75) is 71.5 Å². The van der Waals surface area contributed by atoms with Crippen molar-refractivity contribution in [2.75, 3.05) is 6.61 Å². The Morgan fingerprint density at radius 3 is 1.83 bits per heavy atom. The van der Waals surface area contributed by atoms with Crippen LogP contribution < -0.4 is 0 Å². The quantitative estimate of drug-likeness (QED) is 0.384. The summed E-state index contributed by atoms with van der Waals surface area (Å²) in [7, 11) is -2.29. The highest BCUT2D eigenvalue weighted by molar-refractivity contribution is 6.78. The number of carboxylic acids is 1. The monoisotopic (exact) mass is 358 g/mol. The molecule has 0 atom stereocenters. The first-order valence-corrected chi connectivity index (χ1v) is 10.4. The van der Waals surface area contributed by atoms with Crippen LogP contribution in [0.1, 0.15) is 54.9 Å². The van der Waals surface area contributed by atoms with E-state index < -0.39 is 20.3 Å². The molecule has 0 heterocycles. The van der Waals surface area contributed by atoms with Gasteiger partial charge >= 0.3 is 11.9 Å². The zero-order valence-electron chi connectivity index (χ0n) is 15.7. The number of aliphatic carboxylic acids is 1. The predicted octanol–water partition coefficient (Wildman–Crippen LogP) is 3.67. The van der Waals surface area contributed by atoms with E-state index in [0.29, 0.717) is 0 Å². The van der Waals surface area contributed by atoms with Crippen molar-refractivity contribution in [3.8, 4) is 0 Å². The van der Waals surface area contributed by atoms with Gasteiger partial charge in [-0.3, -0.25) is 4.79 Å². The van der Waals surface area contributed by atoms with E-state index in [9.17, 15) is 14.4 Å². The SMILES string of the molecule is C/C(=C/C(=O)O)C(=O)OCCC(=O)O[Si](C(C)C)(C(C)C)C(C)C. The standard InChI is InChI=1S/C17H30O6Si/c1-11(2)24(12(3)4,13(5)6)23-16(20)8-9-22-17(21)14(7)10-15(18)19/h10-13H,8-9H2,1-7H3,(H,18,19)/b14-10-. The molecule has 0 fully saturated rings. The molecule has 0 unspecified atom stereocenters. The van der Waals surface area contributed by atoms with Gasteiger partial charge in [-0.15, -0.1) is 0 Å². The average Bonchev–Trinajstić information content (AvgIpc) is 2.42. The molecule has 0 aromatic carbocycles. The van der Waals surface area contributed by atoms with Crippen LogP contribution in [0.4, 0.5) is 0 Å². The van der Waals surface area contributed by atoms with E-state index in [-0.39, 0.29) is 41.2 Å². The number of esters is 1. The summed E-state index contributed by atoms with van der Waals surface area (Å²) in [5.41, 5.74) is 0.824. The third-order valence-electron chi connectivity index (χ3n) is 4.20. The summed E-state index contributed by atoms with van der Waals surface area (Å²) in [5, 5.41) is 8.58. The first kappa shape index (κ1) is 22.4. The Morgan fingerprint density at radius 2 is 1.46 bits per heavy atom. The average molecular weight is 359 g/mol. The lowest BCUT2D eigenvalue weighted by Gasteiger charge is -2.41. The molecule has 24 heavy (non-hydrogen) atoms. The molecular formula is C17H30O6Si. The second-order valence-corrected chi connectivity index (χ2v) is 12.2. The molecule has 6 nitrogen and oxygen atoms in total. The van der Waals surface area contributed by atoms with Crippen molar-refractivity contribution in [2.24, 2.45) is 0 Å². The Morgan fingerprint density at radius 1 is 1.00 bits per heavy atom. The molecule has 0 rings (SSSR count). The minimum absolute atomic E-state index is 0.0221. The Kier molecular flexibility index (Phi) is 8.96. The predicted molar refractivity (Wildman–Crippen MR) is 94.1 cm³/mol. The summed E-state index contributed by atoms with van der Waals surface area (Å²) >= 11 is 0. The summed E-state index contributed by atoms with van der Waals surface area (Å²) in [4.78, 5) is 34.3. The number of ether oxygens (including phenoxy) is 1. The van der Waals surface area contributed by atoms with E-state index in [0.717, 1.165) is 6.08 Å². The molecule has 0 aliphatic rings. The van der Waals surface area contributed by atoms with Crippen LogP contribution in [0.5, 0.6) is 0 Å². The molecule has 0 bridgehead atoms. The molecule has 0 saturated heterocycles. The maximum Gasteiger partial charge on any atom is 0.333 e. The van der Waals surface area contributed by atoms with Crippen LogP contribution in [0.2, 0.25) is 16.6 Å². The van der Waals surface area contributed by atoms with E-state index in [1.54, 1.807) is 0 Å². The summed E-state index contributed by atoms with van der Waals surface area (Å²) in [5.74, 6) is -2.33. The fourth-order valence-corrected chi connectivity index (χ4v) is 8.39. The lowest BCUT2D eigenvalue weighted by atomic mass is 10.3. The molecular weight excluding hydrogens is 328 g/mol. The van der Waals surface area contributed by atoms with E-state index in [1.807, 2.05) is 0 Å². The van der Waals surface area contributed by atoms with Gasteiger partial charge in [-0.05, 0) is 23.5 Å². The summed E-state index contributed by atoms with van der Waals surface area (Å²) < 4.78 is 10.8. The van der Waals surface area contributed by atoms with Crippen LogP contribution >= 0.6 is 0 Å². The zero-order valence-corrected chi connectivity index (χ0v) is 16.7. The van der Waals surface area contributed by atoms with Crippen molar-refractivity contribution in [1.82, 2.24) is 0 Å². The van der Waals surface area contributed by atoms with E-state index in [1.165, 1.54) is 6.92 Å². The molecule has 0 radical (unpaired) electrons. The van der Waals surface area contributed by atoms with Gasteiger partial charge < -0.3 is 14.3 Å². The van der Waals surface area contributed by atoms with Crippen molar-refractivity contribution >= 4 is 26.2 Å². The first-order valence-electron chi connectivity index (χ1n) is 8.25. The largest absolute Gasteiger partial charge is 0.518 e. The number of hydrogen-bond donors (Lipinski definition) is 1. The number of carbonyl (C=O) groups is 3. The molecule has 138 valence electrons. The van der Waals surface area contributed by atoms with Gasteiger partial charge in [-0.2, -0.15) is 0 Å². The Hall–Kier alpha value is -1.63. The van der Waals surface area contributed by atoms with E-state index in [4.69, 9.17) is 14.3 Å². The molecule has 0 aliphatic heterocycles. The molecule has 0 spiro atoms. The molecule has 0 saturated carbocycles. The van der Waals surface area contributed by atoms with Gasteiger partial charge in [0, 0.05) is 11.6 Å². The van der Waals surface area contributed by atoms with Gasteiger partial charge in [0.1, 0.15) is 6.61 Å². The zero-order chi connectivity index (χ0) is 19.1. The van der Waals surface area contributed by atoms with E-state index >= 15 is 0 Å². The topological polar surface area (TPSA) is 89.9 Å². The van der Waals surface area contributed by atoms with Crippen molar-refractivity contribution < 1.29 is 28.7 Å². The highest BCUT2D eigenvalue weighted by Crippen LogP contribution is 2.42. The van der Waals surface area contributed by atoms with Gasteiger partial charge in [-0.25, -0.2) is 9.59 Å². The van der Waals surface area contributed by atoms with Crippen molar-refractivity contribution in [3.05, 3.63) is 11.6 Å². The van der Waals surface area contributed by atoms with Crippen LogP contribution in [-0.4, -0.2) is 37.9 Å². The van der Waals surface area contributed by atoms with Gasteiger partial charge in [0.25, 0.3) is 14.3 Å². The Bertz CT molecular complexity index is 472. The maximum absolute atomic E-state index is 12.2. The highest BCUT2D eigenvalue weighted by Gasteiger charge is 2.48. The number of carbonyl (C=O) groups excluding carboxylic acids is 2. The molecule has 0 aromatic heterocycles. The molecule has 1 N–H and O–H groups in total. The van der Waals surface area contributed by atoms with Crippen molar-refractivity contribution in [1.29, 1.82) is 0 Å². The fraction of sp³-hybridized carbons (Fsp3) is 0.706. The lowest BCUT2D eigenvalue weighted by molar-refractivity contribution is -0.143. The minimum Gasteiger partial charge on any atom is -0.518 e. The van der Waals surface area contributed by atoms with E-state index in [2.05, 4.69) is 41.5 Å². The van der Waals surface area contributed by atoms with Crippen LogP contribution in [0.3, 0.4) is 0 Å². The van der Waals surface area contributed by atoms with Crippen molar-refractivity contribution in [3.63, 3.8) is 0 Å². The summed E-state index contributed by atoms with van der Waals surface area (Å²) in [6, 6.07) is 0. The first-order chi connectivity index (χ1) is 10.9. The van der Waals surface area contributed by atoms with Crippen LogP contribution in [-0.2, 0) is 23.5 Å². The number of hydrogen-bond acceptors (Lipinski definition) is 5. The van der Waals surface area contributed by atoms with Crippen LogP contribution in [0.15, 0.2) is 11.6 Å². The molecule has 0 aliphatic carbocycles. The van der Waals surface area contributed by atoms with Crippen LogP contribution in [0.25, 0.3) is 0 Å². The minimum atomic E-state index is -2.29. The third kappa shape index (κ3) is 6.11. The Balaban J connectivity index is 4.73. The van der Waals surface area contributed by atoms with Gasteiger partial charge in [0.05, 0.1) is 6.42 Å². The second-order valence-electron chi connectivity index (χ2n) is 6.84. The molecule has 0 amide bonds. The second kappa shape index (κ2) is 9.61. The summed E-state index contributed by atoms with van der Waals surface area (Å²) in [6.07, 6.45) is 0.738. The fourth-order valence-electron chi connectivity index (χ4n) is 3.19. The summed E-state index contributed by atoms with van der Waals surface area (Å²) in [6.45, 7) is 13.7. The van der Waals surface area contributed by atoms with Crippen LogP contribution in [0, 0.1) is 0 Å². The Labute approximate surface area is 145 Å². The molecule has 7 heteroatoms.